The summed E-state index contributed by atoms with van der Waals surface area (Å²) < 4.78 is 0. The Hall–Kier alpha value is -6.84. The van der Waals surface area contributed by atoms with E-state index in [1.165, 1.54) is 16.7 Å². The summed E-state index contributed by atoms with van der Waals surface area (Å²) >= 11 is 1.53. The number of benzene rings is 1. The summed E-state index contributed by atoms with van der Waals surface area (Å²) in [5.74, 6) is -10.2. The highest BCUT2D eigenvalue weighted by Crippen LogP contribution is 2.22. The number of para-hydroxylation sites is 1. The normalized spacial score (nSPS) is 16.5. The minimum Gasteiger partial charge on any atom is -0.480 e. The predicted molar refractivity (Wildman–Crippen MR) is 270 cm³/mol. The maximum absolute atomic E-state index is 13.8. The largest absolute Gasteiger partial charge is 0.480 e. The van der Waals surface area contributed by atoms with E-state index in [-0.39, 0.29) is 25.2 Å². The maximum Gasteiger partial charge on any atom is 0.326 e. The third-order valence-electron chi connectivity index (χ3n) is 12.4. The lowest BCUT2D eigenvalue weighted by atomic mass is 9.97. The second-order valence-corrected chi connectivity index (χ2v) is 19.2. The summed E-state index contributed by atoms with van der Waals surface area (Å²) in [6.45, 7) is 3.54. The minimum atomic E-state index is -1.72. The Morgan fingerprint density at radius 3 is 1.96 bits per heavy atom. The van der Waals surface area contributed by atoms with E-state index in [2.05, 4.69) is 47.5 Å². The predicted octanol–water partition coefficient (Wildman–Crippen LogP) is -4.04. The fraction of sp³-hybridized carbons (Fsp3) is 0.596. The third kappa shape index (κ3) is 18.6. The monoisotopic (exact) mass is 1060 g/mol. The van der Waals surface area contributed by atoms with E-state index >= 15 is 0 Å². The number of aliphatic carboxylic acids is 1. The van der Waals surface area contributed by atoms with Gasteiger partial charge in [-0.15, -0.1) is 0 Å². The standard InChI is InChI=1S/C47H72N12O14S/c1-6-25(4)39(58-43(68)34-12-9-16-59(34)46(71)28(48)15-17-74-5)45(70)56-33(23-61)42(67)57-38(24(2)3)44(69)55-32(22-60)41(66)54-31(18-26-19-50-29-11-8-7-10-27(26)29)40(65)52-20-36(63)51-21-37(64)53-30(47(72)73)13-14-35(49)62/h7-8,10-11,19,24-25,28,30-34,38-39,50,60-61H,6,9,12-18,20-23,48H2,1-5H3,(H2,49,62)(H,51,63)(H,52,65)(H,53,64)(H,54,66)(H,55,69)(H,56,70)(H,57,67)(H,58,68)(H,72,73)/t25-,28-,30-,31-,32-,33-,34-,38-,39-/m0/s1. The molecule has 0 bridgehead atoms. The molecule has 1 aliphatic heterocycles. The fourth-order valence-electron chi connectivity index (χ4n) is 7.86. The van der Waals surface area contributed by atoms with Crippen molar-refractivity contribution >= 4 is 87.7 Å². The molecule has 74 heavy (non-hydrogen) atoms. The Labute approximate surface area is 432 Å². The summed E-state index contributed by atoms with van der Waals surface area (Å²) in [4.78, 5) is 147. The summed E-state index contributed by atoms with van der Waals surface area (Å²) in [5, 5.41) is 49.9. The van der Waals surface area contributed by atoms with Gasteiger partial charge in [-0.25, -0.2) is 4.79 Å². The van der Waals surface area contributed by atoms with Gasteiger partial charge in [0.15, 0.2) is 0 Å². The van der Waals surface area contributed by atoms with Gasteiger partial charge < -0.3 is 79.2 Å². The van der Waals surface area contributed by atoms with E-state index in [4.69, 9.17) is 11.5 Å². The zero-order valence-corrected chi connectivity index (χ0v) is 43.0. The average Bonchev–Trinajstić information content (AvgIpc) is 4.04. The zero-order chi connectivity index (χ0) is 55.2. The number of H-pyrrole nitrogens is 1. The molecule has 0 spiro atoms. The number of nitrogens with one attached hydrogen (secondary N) is 9. The zero-order valence-electron chi connectivity index (χ0n) is 42.2. The molecular formula is C47H72N12O14S. The van der Waals surface area contributed by atoms with Gasteiger partial charge in [0.25, 0.3) is 0 Å². The number of carboxylic acid groups (broad SMARTS) is 1. The lowest BCUT2D eigenvalue weighted by Gasteiger charge is -2.31. The van der Waals surface area contributed by atoms with Crippen LogP contribution in [-0.2, 0) is 59.2 Å². The van der Waals surface area contributed by atoms with Crippen LogP contribution in [0, 0.1) is 11.8 Å². The van der Waals surface area contributed by atoms with E-state index < -0.39 is 146 Å². The molecular weight excluding hydrogens is 989 g/mol. The topological polar surface area (TPSA) is 416 Å². The number of thioether (sulfide) groups is 1. The summed E-state index contributed by atoms with van der Waals surface area (Å²) in [5.41, 5.74) is 12.4. The van der Waals surface area contributed by atoms with Crippen LogP contribution in [0.5, 0.6) is 0 Å². The molecule has 0 aliphatic carbocycles. The number of fused-ring (bicyclic) bond motifs is 1. The van der Waals surface area contributed by atoms with Gasteiger partial charge in [-0.05, 0) is 61.2 Å². The van der Waals surface area contributed by atoms with Gasteiger partial charge >= 0.3 is 5.97 Å². The maximum atomic E-state index is 13.8. The molecule has 3 rings (SSSR count). The minimum absolute atomic E-state index is 0.175. The van der Waals surface area contributed by atoms with Crippen molar-refractivity contribution in [1.29, 1.82) is 0 Å². The number of nitrogens with zero attached hydrogens (tertiary/aromatic N) is 1. The average molecular weight is 1060 g/mol. The molecule has 2 aromatic rings. The Balaban J connectivity index is 1.70. The molecule has 26 nitrogen and oxygen atoms in total. The van der Waals surface area contributed by atoms with Crippen molar-refractivity contribution in [1.82, 2.24) is 52.4 Å². The van der Waals surface area contributed by atoms with Crippen molar-refractivity contribution in [2.24, 2.45) is 23.3 Å². The second kappa shape index (κ2) is 30.4. The molecule has 1 aliphatic rings. The first kappa shape index (κ1) is 61.5. The van der Waals surface area contributed by atoms with Crippen LogP contribution < -0.4 is 54.0 Å². The van der Waals surface area contributed by atoms with Gasteiger partial charge in [-0.2, -0.15) is 11.8 Å². The molecule has 1 saturated heterocycles. The van der Waals surface area contributed by atoms with E-state index in [9.17, 15) is 68.1 Å². The number of nitrogens with two attached hydrogens (primary N) is 2. The van der Waals surface area contributed by atoms with Gasteiger partial charge in [0, 0.05) is 36.5 Å². The molecule has 1 aromatic carbocycles. The van der Waals surface area contributed by atoms with Crippen LogP contribution in [0.3, 0.4) is 0 Å². The molecule has 0 unspecified atom stereocenters. The van der Waals surface area contributed by atoms with Crippen LogP contribution >= 0.6 is 11.8 Å². The molecule has 27 heteroatoms. The lowest BCUT2D eigenvalue weighted by Crippen LogP contribution is -2.62. The number of primary amides is 1. The molecule has 410 valence electrons. The summed E-state index contributed by atoms with van der Waals surface area (Å²) in [7, 11) is 0. The highest BCUT2D eigenvalue weighted by molar-refractivity contribution is 7.98. The SMILES string of the molecule is CC[C@H](C)[C@H](NC(=O)[C@@H]1CCCN1C(=O)[C@@H](N)CCSC)C(=O)N[C@@H](CO)C(=O)N[C@H](C(=O)N[C@@H](CO)C(=O)N[C@@H](Cc1c[nH]c2ccccc12)C(=O)NCC(=O)NCC(=O)N[C@@H](CCC(N)=O)C(=O)O)C(C)C. The Bertz CT molecular complexity index is 2320. The first-order valence-corrected chi connectivity index (χ1v) is 25.6. The van der Waals surface area contributed by atoms with Crippen molar-refractivity contribution in [3.8, 4) is 0 Å². The van der Waals surface area contributed by atoms with Crippen LogP contribution in [0.4, 0.5) is 0 Å². The number of aromatic amines is 1. The molecule has 1 fully saturated rings. The van der Waals surface area contributed by atoms with E-state index in [0.29, 0.717) is 54.4 Å². The van der Waals surface area contributed by atoms with Gasteiger partial charge in [0.1, 0.15) is 42.3 Å². The Morgan fingerprint density at radius 1 is 0.757 bits per heavy atom. The number of carbonyl (C=O) groups excluding carboxylic acids is 10. The number of aliphatic hydroxyl groups is 2. The number of aliphatic hydroxyl groups excluding tert-OH is 2. The van der Waals surface area contributed by atoms with E-state index in [1.807, 2.05) is 6.26 Å². The first-order valence-electron chi connectivity index (χ1n) is 24.2. The van der Waals surface area contributed by atoms with Crippen LogP contribution in [-0.4, -0.2) is 183 Å². The van der Waals surface area contributed by atoms with Gasteiger partial charge in [0.05, 0.1) is 32.3 Å². The third-order valence-corrected chi connectivity index (χ3v) is 13.0. The Kier molecular flexibility index (Phi) is 25.2. The van der Waals surface area contributed by atoms with Crippen molar-refractivity contribution in [2.45, 2.75) is 121 Å². The van der Waals surface area contributed by atoms with Crippen molar-refractivity contribution in [2.75, 3.05) is 44.9 Å². The smallest absolute Gasteiger partial charge is 0.326 e. The number of hydrogen-bond donors (Lipinski definition) is 14. The molecule has 16 N–H and O–H groups in total. The van der Waals surface area contributed by atoms with Crippen molar-refractivity contribution < 1.29 is 68.1 Å². The number of aromatic nitrogens is 1. The fourth-order valence-corrected chi connectivity index (χ4v) is 8.35. The number of rotatable bonds is 31. The molecule has 1 aromatic heterocycles. The van der Waals surface area contributed by atoms with Crippen LogP contribution in [0.2, 0.25) is 0 Å². The number of carbonyl (C=O) groups is 11. The van der Waals surface area contributed by atoms with E-state index in [0.717, 1.165) is 0 Å². The van der Waals surface area contributed by atoms with Gasteiger partial charge in [-0.1, -0.05) is 52.3 Å². The molecule has 10 amide bonds. The second-order valence-electron chi connectivity index (χ2n) is 18.2. The van der Waals surface area contributed by atoms with E-state index in [1.54, 1.807) is 58.2 Å². The number of likely N-dealkylation sites (tertiary alicyclic amines) is 1. The number of hydrogen-bond acceptors (Lipinski definition) is 15. The van der Waals surface area contributed by atoms with Crippen LogP contribution in [0.25, 0.3) is 10.9 Å². The molecule has 0 radical (unpaired) electrons. The lowest BCUT2D eigenvalue weighted by molar-refractivity contribution is -0.142. The number of carboxylic acids is 1. The van der Waals surface area contributed by atoms with Gasteiger partial charge in [-0.3, -0.25) is 47.9 Å². The Morgan fingerprint density at radius 2 is 1.36 bits per heavy atom. The van der Waals surface area contributed by atoms with Gasteiger partial charge in [0.2, 0.25) is 59.1 Å². The number of amides is 10. The molecule has 9 atom stereocenters. The summed E-state index contributed by atoms with van der Waals surface area (Å²) in [6.07, 6.45) is 4.41. The quantitative estimate of drug-likeness (QED) is 0.0342. The molecule has 2 heterocycles. The van der Waals surface area contributed by atoms with Crippen LogP contribution in [0.15, 0.2) is 30.5 Å². The highest BCUT2D eigenvalue weighted by atomic mass is 32.2. The van der Waals surface area contributed by atoms with Crippen LogP contribution in [0.1, 0.15) is 71.8 Å². The first-order chi connectivity index (χ1) is 35.1. The van der Waals surface area contributed by atoms with Crippen molar-refractivity contribution in [3.63, 3.8) is 0 Å². The molecule has 0 saturated carbocycles. The van der Waals surface area contributed by atoms with Crippen molar-refractivity contribution in [3.05, 3.63) is 36.0 Å². The summed E-state index contributed by atoms with van der Waals surface area (Å²) in [6, 6.07) is -3.54. The highest BCUT2D eigenvalue weighted by Gasteiger charge is 2.40.